The Morgan fingerprint density at radius 3 is 3.00 bits per heavy atom. The van der Waals surface area contributed by atoms with Crippen molar-refractivity contribution in [2.24, 2.45) is 0 Å². The van der Waals surface area contributed by atoms with Crippen LogP contribution in [0.3, 0.4) is 0 Å². The van der Waals surface area contributed by atoms with Crippen LogP contribution in [-0.2, 0) is 0 Å². The maximum Gasteiger partial charge on any atom is 0.291 e. The Kier molecular flexibility index (Phi) is 2.97. The number of hydrogen-bond acceptors (Lipinski definition) is 4. The summed E-state index contributed by atoms with van der Waals surface area (Å²) in [5, 5.41) is 15.0. The smallest absolute Gasteiger partial charge is 0.291 e. The highest BCUT2D eigenvalue weighted by Crippen LogP contribution is 1.95. The number of nitrogens with one attached hydrogen (secondary N) is 1. The van der Waals surface area contributed by atoms with Gasteiger partial charge in [-0.05, 0) is 6.92 Å². The number of aliphatic hydroxyl groups is 1. The number of nitrogens with zero attached hydrogens (tertiary/aromatic N) is 3. The third-order valence-electron chi connectivity index (χ3n) is 1.50. The van der Waals surface area contributed by atoms with Gasteiger partial charge in [0.2, 0.25) is 5.82 Å². The van der Waals surface area contributed by atoms with Crippen LogP contribution in [0.25, 0.3) is 0 Å². The second kappa shape index (κ2) is 3.99. The van der Waals surface area contributed by atoms with Gasteiger partial charge in [0, 0.05) is 13.6 Å². The molecule has 0 spiro atoms. The highest BCUT2D eigenvalue weighted by Gasteiger charge is 2.15. The van der Waals surface area contributed by atoms with Gasteiger partial charge in [-0.3, -0.25) is 9.89 Å². The minimum absolute atomic E-state index is 0.183. The van der Waals surface area contributed by atoms with Crippen LogP contribution in [0, 0.1) is 0 Å². The number of aliphatic hydroxyl groups excluding tert-OH is 1. The van der Waals surface area contributed by atoms with Gasteiger partial charge in [0.15, 0.2) is 0 Å². The summed E-state index contributed by atoms with van der Waals surface area (Å²) in [7, 11) is 1.59. The summed E-state index contributed by atoms with van der Waals surface area (Å²) < 4.78 is 0. The number of aromatic nitrogens is 3. The van der Waals surface area contributed by atoms with Gasteiger partial charge in [-0.15, -0.1) is 0 Å². The van der Waals surface area contributed by atoms with E-state index in [1.165, 1.54) is 11.2 Å². The van der Waals surface area contributed by atoms with Gasteiger partial charge >= 0.3 is 0 Å². The number of amides is 1. The van der Waals surface area contributed by atoms with Crippen molar-refractivity contribution < 1.29 is 9.90 Å². The molecule has 0 saturated heterocycles. The molecule has 1 atom stereocenters. The number of likely N-dealkylation sites (N-methyl/N-ethyl adjacent to an activating group) is 1. The van der Waals surface area contributed by atoms with E-state index >= 15 is 0 Å². The molecule has 0 aliphatic rings. The highest BCUT2D eigenvalue weighted by molar-refractivity contribution is 5.90. The van der Waals surface area contributed by atoms with Crippen molar-refractivity contribution >= 4 is 5.91 Å². The van der Waals surface area contributed by atoms with Gasteiger partial charge in [0.25, 0.3) is 5.91 Å². The molecule has 1 aromatic heterocycles. The fourth-order valence-electron chi connectivity index (χ4n) is 0.969. The first-order chi connectivity index (χ1) is 6.11. The van der Waals surface area contributed by atoms with Crippen LogP contribution in [0.15, 0.2) is 6.33 Å². The molecular weight excluding hydrogens is 172 g/mol. The zero-order valence-electron chi connectivity index (χ0n) is 7.56. The monoisotopic (exact) mass is 184 g/mol. The molecule has 1 aromatic rings. The van der Waals surface area contributed by atoms with Crippen LogP contribution in [-0.4, -0.2) is 50.8 Å². The van der Waals surface area contributed by atoms with Crippen LogP contribution < -0.4 is 0 Å². The topological polar surface area (TPSA) is 82.1 Å². The van der Waals surface area contributed by atoms with Crippen molar-refractivity contribution in [1.29, 1.82) is 0 Å². The lowest BCUT2D eigenvalue weighted by molar-refractivity contribution is 0.0692. The van der Waals surface area contributed by atoms with Crippen LogP contribution in [0.1, 0.15) is 17.5 Å². The normalized spacial score (nSPS) is 12.5. The minimum atomic E-state index is -0.545. The number of carbonyl (C=O) groups excluding carboxylic acids is 1. The van der Waals surface area contributed by atoms with E-state index in [2.05, 4.69) is 15.2 Å². The first-order valence-corrected chi connectivity index (χ1v) is 3.90. The van der Waals surface area contributed by atoms with E-state index in [9.17, 15) is 4.79 Å². The van der Waals surface area contributed by atoms with Gasteiger partial charge in [0.05, 0.1) is 6.10 Å². The molecule has 0 fully saturated rings. The second-order valence-corrected chi connectivity index (χ2v) is 2.87. The molecule has 0 saturated carbocycles. The molecule has 0 bridgehead atoms. The summed E-state index contributed by atoms with van der Waals surface area (Å²) in [5.41, 5.74) is 0. The van der Waals surface area contributed by atoms with Gasteiger partial charge in [-0.25, -0.2) is 4.98 Å². The number of aromatic amines is 1. The summed E-state index contributed by atoms with van der Waals surface area (Å²) in [6.45, 7) is 1.89. The summed E-state index contributed by atoms with van der Waals surface area (Å²) >= 11 is 0. The second-order valence-electron chi connectivity index (χ2n) is 2.87. The average Bonchev–Trinajstić information content (AvgIpc) is 2.53. The molecule has 1 heterocycles. The summed E-state index contributed by atoms with van der Waals surface area (Å²) in [4.78, 5) is 16.5. The first kappa shape index (κ1) is 9.66. The van der Waals surface area contributed by atoms with E-state index in [0.717, 1.165) is 0 Å². The van der Waals surface area contributed by atoms with Crippen molar-refractivity contribution in [3.05, 3.63) is 12.2 Å². The van der Waals surface area contributed by atoms with E-state index < -0.39 is 6.10 Å². The lowest BCUT2D eigenvalue weighted by Crippen LogP contribution is -2.33. The van der Waals surface area contributed by atoms with E-state index in [0.29, 0.717) is 0 Å². The van der Waals surface area contributed by atoms with Crippen molar-refractivity contribution in [3.8, 4) is 0 Å². The van der Waals surface area contributed by atoms with Crippen molar-refractivity contribution in [2.75, 3.05) is 13.6 Å². The Bertz CT molecular complexity index is 270. The Hall–Kier alpha value is -1.43. The van der Waals surface area contributed by atoms with Crippen LogP contribution in [0.4, 0.5) is 0 Å². The maximum atomic E-state index is 11.4. The van der Waals surface area contributed by atoms with Crippen molar-refractivity contribution in [3.63, 3.8) is 0 Å². The molecule has 2 N–H and O–H groups in total. The summed E-state index contributed by atoms with van der Waals surface area (Å²) in [6, 6.07) is 0. The average molecular weight is 184 g/mol. The number of hydrogen-bond donors (Lipinski definition) is 2. The standard InChI is InChI=1S/C7H12N4O2/c1-5(12)3-11(2)7(13)6-8-4-9-10-6/h4-5,12H,3H2,1-2H3,(H,8,9,10). The van der Waals surface area contributed by atoms with Crippen LogP contribution in [0.2, 0.25) is 0 Å². The molecule has 1 rings (SSSR count). The Balaban J connectivity index is 2.58. The van der Waals surface area contributed by atoms with Crippen molar-refractivity contribution in [1.82, 2.24) is 20.1 Å². The Morgan fingerprint density at radius 1 is 1.85 bits per heavy atom. The predicted molar refractivity (Wildman–Crippen MR) is 45.0 cm³/mol. The molecule has 13 heavy (non-hydrogen) atoms. The Morgan fingerprint density at radius 2 is 2.54 bits per heavy atom. The van der Waals surface area contributed by atoms with E-state index in [1.54, 1.807) is 14.0 Å². The molecule has 1 unspecified atom stereocenters. The third kappa shape index (κ3) is 2.51. The number of rotatable bonds is 3. The Labute approximate surface area is 75.6 Å². The molecule has 0 aliphatic carbocycles. The molecule has 6 nitrogen and oxygen atoms in total. The van der Waals surface area contributed by atoms with Crippen LogP contribution in [0.5, 0.6) is 0 Å². The molecule has 1 amide bonds. The van der Waals surface area contributed by atoms with Gasteiger partial charge in [-0.2, -0.15) is 5.10 Å². The molecule has 0 aromatic carbocycles. The molecular formula is C7H12N4O2. The lowest BCUT2D eigenvalue weighted by atomic mass is 10.3. The zero-order valence-corrected chi connectivity index (χ0v) is 7.56. The van der Waals surface area contributed by atoms with E-state index in [-0.39, 0.29) is 18.3 Å². The first-order valence-electron chi connectivity index (χ1n) is 3.90. The largest absolute Gasteiger partial charge is 0.392 e. The molecule has 72 valence electrons. The van der Waals surface area contributed by atoms with Gasteiger partial charge in [0.1, 0.15) is 6.33 Å². The molecule has 0 radical (unpaired) electrons. The lowest BCUT2D eigenvalue weighted by Gasteiger charge is -2.16. The summed E-state index contributed by atoms with van der Waals surface area (Å²) in [5.74, 6) is -0.0958. The molecule has 6 heteroatoms. The molecule has 0 aliphatic heterocycles. The third-order valence-corrected chi connectivity index (χ3v) is 1.50. The van der Waals surface area contributed by atoms with E-state index in [1.807, 2.05) is 0 Å². The maximum absolute atomic E-state index is 11.4. The summed E-state index contributed by atoms with van der Waals surface area (Å²) in [6.07, 6.45) is 0.723. The predicted octanol–water partition coefficient (Wildman–Crippen LogP) is -0.743. The fraction of sp³-hybridized carbons (Fsp3) is 0.571. The van der Waals surface area contributed by atoms with Crippen LogP contribution >= 0.6 is 0 Å². The minimum Gasteiger partial charge on any atom is -0.392 e. The zero-order chi connectivity index (χ0) is 9.84. The number of carbonyl (C=O) groups is 1. The highest BCUT2D eigenvalue weighted by atomic mass is 16.3. The number of H-pyrrole nitrogens is 1. The van der Waals surface area contributed by atoms with E-state index in [4.69, 9.17) is 5.11 Å². The SMILES string of the molecule is CC(O)CN(C)C(=O)c1ncn[nH]1. The van der Waals surface area contributed by atoms with Crippen molar-refractivity contribution in [2.45, 2.75) is 13.0 Å². The van der Waals surface area contributed by atoms with Gasteiger partial charge < -0.3 is 10.0 Å². The van der Waals surface area contributed by atoms with Gasteiger partial charge in [-0.1, -0.05) is 0 Å². The fourth-order valence-corrected chi connectivity index (χ4v) is 0.969. The quantitative estimate of drug-likeness (QED) is 0.648.